The summed E-state index contributed by atoms with van der Waals surface area (Å²) >= 11 is 1.41. The lowest BCUT2D eigenvalue weighted by atomic mass is 10.1. The van der Waals surface area contributed by atoms with Gasteiger partial charge in [-0.05, 0) is 29.2 Å². The molecule has 0 bridgehead atoms. The van der Waals surface area contributed by atoms with Crippen molar-refractivity contribution in [3.63, 3.8) is 0 Å². The van der Waals surface area contributed by atoms with Crippen LogP contribution in [0.1, 0.15) is 5.56 Å². The van der Waals surface area contributed by atoms with Crippen LogP contribution in [0.2, 0.25) is 0 Å². The van der Waals surface area contributed by atoms with Gasteiger partial charge in [0.1, 0.15) is 0 Å². The summed E-state index contributed by atoms with van der Waals surface area (Å²) in [6.07, 6.45) is 2.69. The van der Waals surface area contributed by atoms with Gasteiger partial charge in [0.25, 0.3) is 0 Å². The highest BCUT2D eigenvalue weighted by molar-refractivity contribution is 7.03. The Bertz CT molecular complexity index is 500. The van der Waals surface area contributed by atoms with Crippen molar-refractivity contribution >= 4 is 23.6 Å². The zero-order chi connectivity index (χ0) is 11.4. The van der Waals surface area contributed by atoms with Gasteiger partial charge in [0, 0.05) is 17.0 Å². The minimum atomic E-state index is -0.941. The maximum atomic E-state index is 10.3. The van der Waals surface area contributed by atoms with Crippen LogP contribution in [0.4, 0.5) is 0 Å². The molecule has 16 heavy (non-hydrogen) atoms. The summed E-state index contributed by atoms with van der Waals surface area (Å²) in [6, 6.07) is 9.54. The van der Waals surface area contributed by atoms with Crippen molar-refractivity contribution in [1.82, 2.24) is 4.37 Å². The van der Waals surface area contributed by atoms with Gasteiger partial charge in [-0.25, -0.2) is 4.79 Å². The minimum absolute atomic E-state index is 0.862. The van der Waals surface area contributed by atoms with Crippen LogP contribution in [0, 0.1) is 0 Å². The zero-order valence-electron chi connectivity index (χ0n) is 8.33. The van der Waals surface area contributed by atoms with Crippen molar-refractivity contribution in [2.24, 2.45) is 0 Å². The molecule has 2 rings (SSSR count). The standard InChI is InChI=1S/C12H9NO2S/c14-12(15)6-3-9-1-4-10(5-2-9)11-7-8-16-13-11/h1-8H,(H,14,15). The molecule has 0 radical (unpaired) electrons. The fraction of sp³-hybridized carbons (Fsp3) is 0. The third-order valence-electron chi connectivity index (χ3n) is 2.06. The average Bonchev–Trinajstić information content (AvgIpc) is 2.80. The third kappa shape index (κ3) is 2.55. The zero-order valence-corrected chi connectivity index (χ0v) is 9.15. The third-order valence-corrected chi connectivity index (χ3v) is 2.62. The Morgan fingerprint density at radius 1 is 1.25 bits per heavy atom. The van der Waals surface area contributed by atoms with Gasteiger partial charge in [0.15, 0.2) is 0 Å². The number of hydrogen-bond donors (Lipinski definition) is 1. The van der Waals surface area contributed by atoms with E-state index in [-0.39, 0.29) is 0 Å². The van der Waals surface area contributed by atoms with Crippen molar-refractivity contribution < 1.29 is 9.90 Å². The molecule has 1 heterocycles. The maximum Gasteiger partial charge on any atom is 0.328 e. The molecule has 0 unspecified atom stereocenters. The number of carbonyl (C=O) groups is 1. The summed E-state index contributed by atoms with van der Waals surface area (Å²) in [4.78, 5) is 10.3. The number of benzene rings is 1. The quantitative estimate of drug-likeness (QED) is 0.826. The van der Waals surface area contributed by atoms with Gasteiger partial charge in [-0.2, -0.15) is 4.37 Å². The summed E-state index contributed by atoms with van der Waals surface area (Å²) in [5.74, 6) is -0.941. The molecule has 1 aromatic carbocycles. The number of carboxylic acid groups (broad SMARTS) is 1. The molecular weight excluding hydrogens is 222 g/mol. The predicted octanol–water partition coefficient (Wildman–Crippen LogP) is 2.91. The highest BCUT2D eigenvalue weighted by Crippen LogP contribution is 2.19. The fourth-order valence-corrected chi connectivity index (χ4v) is 1.82. The Morgan fingerprint density at radius 3 is 2.56 bits per heavy atom. The second-order valence-electron chi connectivity index (χ2n) is 3.18. The second-order valence-corrected chi connectivity index (χ2v) is 3.84. The van der Waals surface area contributed by atoms with E-state index >= 15 is 0 Å². The van der Waals surface area contributed by atoms with Crippen molar-refractivity contribution in [3.8, 4) is 11.3 Å². The van der Waals surface area contributed by atoms with Crippen LogP contribution in [0.5, 0.6) is 0 Å². The fourth-order valence-electron chi connectivity index (χ4n) is 1.29. The van der Waals surface area contributed by atoms with E-state index in [1.807, 2.05) is 35.7 Å². The Kier molecular flexibility index (Phi) is 3.12. The number of aromatic nitrogens is 1. The summed E-state index contributed by atoms with van der Waals surface area (Å²) in [7, 11) is 0. The SMILES string of the molecule is O=C(O)C=Cc1ccc(-c2ccsn2)cc1. The minimum Gasteiger partial charge on any atom is -0.478 e. The molecule has 1 N–H and O–H groups in total. The molecule has 0 aliphatic heterocycles. The maximum absolute atomic E-state index is 10.3. The van der Waals surface area contributed by atoms with Crippen molar-refractivity contribution in [1.29, 1.82) is 0 Å². The molecule has 80 valence electrons. The van der Waals surface area contributed by atoms with Gasteiger partial charge in [0.05, 0.1) is 5.69 Å². The van der Waals surface area contributed by atoms with E-state index in [1.54, 1.807) is 6.08 Å². The van der Waals surface area contributed by atoms with Crippen molar-refractivity contribution in [2.75, 3.05) is 0 Å². The van der Waals surface area contributed by atoms with Crippen LogP contribution in [0.25, 0.3) is 17.3 Å². The van der Waals surface area contributed by atoms with E-state index in [0.717, 1.165) is 22.9 Å². The Labute approximate surface area is 96.9 Å². The van der Waals surface area contributed by atoms with Crippen molar-refractivity contribution in [3.05, 3.63) is 47.4 Å². The molecule has 4 heteroatoms. The van der Waals surface area contributed by atoms with Crippen LogP contribution in [-0.2, 0) is 4.79 Å². The second kappa shape index (κ2) is 4.72. The Morgan fingerprint density at radius 2 is 2.00 bits per heavy atom. The summed E-state index contributed by atoms with van der Waals surface area (Å²) in [5.41, 5.74) is 2.84. The Balaban J connectivity index is 2.20. The number of aliphatic carboxylic acids is 1. The first-order valence-electron chi connectivity index (χ1n) is 4.67. The first kappa shape index (κ1) is 10.6. The highest BCUT2D eigenvalue weighted by Gasteiger charge is 1.98. The van der Waals surface area contributed by atoms with E-state index in [4.69, 9.17) is 5.11 Å². The first-order valence-corrected chi connectivity index (χ1v) is 5.51. The van der Waals surface area contributed by atoms with E-state index in [2.05, 4.69) is 4.37 Å². The van der Waals surface area contributed by atoms with Crippen LogP contribution in [0.3, 0.4) is 0 Å². The number of rotatable bonds is 3. The molecule has 0 fully saturated rings. The van der Waals surface area contributed by atoms with E-state index in [1.165, 1.54) is 11.5 Å². The smallest absolute Gasteiger partial charge is 0.328 e. The van der Waals surface area contributed by atoms with Gasteiger partial charge < -0.3 is 5.11 Å². The molecule has 0 aliphatic carbocycles. The van der Waals surface area contributed by atoms with Crippen LogP contribution >= 0.6 is 11.5 Å². The summed E-state index contributed by atoms with van der Waals surface area (Å²) < 4.78 is 4.22. The number of hydrogen-bond acceptors (Lipinski definition) is 3. The van der Waals surface area contributed by atoms with Crippen LogP contribution in [0.15, 0.2) is 41.8 Å². The Hall–Kier alpha value is -1.94. The lowest BCUT2D eigenvalue weighted by Crippen LogP contribution is -1.85. The molecule has 0 saturated carbocycles. The number of nitrogens with zero attached hydrogens (tertiary/aromatic N) is 1. The number of carboxylic acids is 1. The van der Waals surface area contributed by atoms with Crippen LogP contribution < -0.4 is 0 Å². The topological polar surface area (TPSA) is 50.2 Å². The molecular formula is C12H9NO2S. The lowest BCUT2D eigenvalue weighted by Gasteiger charge is -1.97. The van der Waals surface area contributed by atoms with Gasteiger partial charge in [-0.15, -0.1) is 0 Å². The molecule has 0 spiro atoms. The summed E-state index contributed by atoms with van der Waals surface area (Å²) in [5, 5.41) is 10.4. The van der Waals surface area contributed by atoms with Gasteiger partial charge in [0.2, 0.25) is 0 Å². The largest absolute Gasteiger partial charge is 0.478 e. The molecule has 0 aliphatic rings. The monoisotopic (exact) mass is 231 g/mol. The van der Waals surface area contributed by atoms with Gasteiger partial charge in [-0.3, -0.25) is 0 Å². The molecule has 3 nitrogen and oxygen atoms in total. The van der Waals surface area contributed by atoms with E-state index in [0.29, 0.717) is 0 Å². The normalized spacial score (nSPS) is 10.8. The first-order chi connectivity index (χ1) is 7.75. The highest BCUT2D eigenvalue weighted by atomic mass is 32.1. The summed E-state index contributed by atoms with van der Waals surface area (Å²) in [6.45, 7) is 0. The molecule has 0 saturated heterocycles. The molecule has 1 aromatic heterocycles. The van der Waals surface area contributed by atoms with Crippen LogP contribution in [-0.4, -0.2) is 15.4 Å². The lowest BCUT2D eigenvalue weighted by molar-refractivity contribution is -0.131. The van der Waals surface area contributed by atoms with Crippen molar-refractivity contribution in [2.45, 2.75) is 0 Å². The van der Waals surface area contributed by atoms with Gasteiger partial charge in [-0.1, -0.05) is 24.3 Å². The predicted molar refractivity (Wildman–Crippen MR) is 64.2 cm³/mol. The van der Waals surface area contributed by atoms with Gasteiger partial charge >= 0.3 is 5.97 Å². The molecule has 0 amide bonds. The van der Waals surface area contributed by atoms with E-state index < -0.39 is 5.97 Å². The van der Waals surface area contributed by atoms with E-state index in [9.17, 15) is 4.79 Å². The average molecular weight is 231 g/mol. The molecule has 0 atom stereocenters. The molecule has 2 aromatic rings.